The molecule has 28 heavy (non-hydrogen) atoms. The van der Waals surface area contributed by atoms with Crippen molar-refractivity contribution in [3.05, 3.63) is 66.4 Å². The number of hydrogen-bond donors (Lipinski definition) is 3. The van der Waals surface area contributed by atoms with Crippen molar-refractivity contribution in [1.82, 2.24) is 5.32 Å². The molecule has 0 saturated heterocycles. The van der Waals surface area contributed by atoms with E-state index >= 15 is 0 Å². The van der Waals surface area contributed by atoms with Gasteiger partial charge in [0.05, 0.1) is 5.69 Å². The van der Waals surface area contributed by atoms with Gasteiger partial charge in [0.1, 0.15) is 17.7 Å². The van der Waals surface area contributed by atoms with Gasteiger partial charge in [-0.1, -0.05) is 55.9 Å². The average molecular weight is 395 g/mol. The van der Waals surface area contributed by atoms with Gasteiger partial charge in [0.25, 0.3) is 5.91 Å². The molecule has 7 heteroatoms. The standard InChI is InChI=1S/C21H21N3O3S/c1-14(2)19(21(26)27)23-13-15(12-22)20(25)24-17-10-6-7-11-18(17)28-16-8-4-3-5-9-16/h3-11,13-14,19,23H,1-2H3,(H,24,25)(H,26,27)/b15-13-. The van der Waals surface area contributed by atoms with Gasteiger partial charge in [-0.15, -0.1) is 0 Å². The van der Waals surface area contributed by atoms with E-state index in [0.29, 0.717) is 5.69 Å². The molecule has 2 aromatic carbocycles. The molecule has 1 atom stereocenters. The van der Waals surface area contributed by atoms with Gasteiger partial charge >= 0.3 is 5.97 Å². The molecule has 0 aliphatic heterocycles. The molecule has 0 bridgehead atoms. The molecule has 0 fully saturated rings. The molecule has 0 heterocycles. The molecule has 6 nitrogen and oxygen atoms in total. The number of amides is 1. The lowest BCUT2D eigenvalue weighted by Gasteiger charge is -2.16. The summed E-state index contributed by atoms with van der Waals surface area (Å²) in [5, 5.41) is 23.9. The Morgan fingerprint density at radius 3 is 2.36 bits per heavy atom. The topological polar surface area (TPSA) is 102 Å². The van der Waals surface area contributed by atoms with Crippen LogP contribution >= 0.6 is 11.8 Å². The summed E-state index contributed by atoms with van der Waals surface area (Å²) in [7, 11) is 0. The van der Waals surface area contributed by atoms with Crippen molar-refractivity contribution < 1.29 is 14.7 Å². The molecule has 0 aliphatic rings. The summed E-state index contributed by atoms with van der Waals surface area (Å²) < 4.78 is 0. The van der Waals surface area contributed by atoms with Gasteiger partial charge in [-0.2, -0.15) is 5.26 Å². The second-order valence-corrected chi connectivity index (χ2v) is 7.38. The van der Waals surface area contributed by atoms with Gasteiger partial charge < -0.3 is 15.7 Å². The minimum atomic E-state index is -1.05. The second-order valence-electron chi connectivity index (χ2n) is 6.26. The third kappa shape index (κ3) is 5.89. The number of benzene rings is 2. The Balaban J connectivity index is 2.16. The van der Waals surface area contributed by atoms with E-state index in [9.17, 15) is 20.0 Å². The van der Waals surface area contributed by atoms with Crippen molar-refractivity contribution in [2.24, 2.45) is 5.92 Å². The highest BCUT2D eigenvalue weighted by molar-refractivity contribution is 7.99. The highest BCUT2D eigenvalue weighted by Crippen LogP contribution is 2.33. The van der Waals surface area contributed by atoms with Crippen LogP contribution < -0.4 is 10.6 Å². The van der Waals surface area contributed by atoms with E-state index in [0.717, 1.165) is 16.0 Å². The predicted octanol–water partition coefficient (Wildman–Crippen LogP) is 3.88. The van der Waals surface area contributed by atoms with Crippen molar-refractivity contribution in [2.45, 2.75) is 29.7 Å². The Hall–Kier alpha value is -3.24. The first-order valence-electron chi connectivity index (χ1n) is 8.64. The molecule has 0 spiro atoms. The lowest BCUT2D eigenvalue weighted by molar-refractivity contribution is -0.140. The first kappa shape index (κ1) is 21.1. The molecule has 0 saturated carbocycles. The number of para-hydroxylation sites is 1. The van der Waals surface area contributed by atoms with E-state index < -0.39 is 17.9 Å². The van der Waals surface area contributed by atoms with Crippen molar-refractivity contribution >= 4 is 29.3 Å². The van der Waals surface area contributed by atoms with Crippen LogP contribution in [0, 0.1) is 17.2 Å². The lowest BCUT2D eigenvalue weighted by atomic mass is 10.1. The van der Waals surface area contributed by atoms with Crippen molar-refractivity contribution in [1.29, 1.82) is 5.26 Å². The predicted molar refractivity (Wildman–Crippen MR) is 109 cm³/mol. The highest BCUT2D eigenvalue weighted by Gasteiger charge is 2.20. The van der Waals surface area contributed by atoms with Gasteiger partial charge in [0, 0.05) is 16.0 Å². The van der Waals surface area contributed by atoms with Crippen LogP contribution in [0.25, 0.3) is 0 Å². The van der Waals surface area contributed by atoms with Crippen LogP contribution in [0.4, 0.5) is 5.69 Å². The Kier molecular flexibility index (Phi) is 7.66. The number of nitrogens with zero attached hydrogens (tertiary/aromatic N) is 1. The zero-order chi connectivity index (χ0) is 20.5. The van der Waals surface area contributed by atoms with E-state index in [2.05, 4.69) is 10.6 Å². The summed E-state index contributed by atoms with van der Waals surface area (Å²) in [6.45, 7) is 3.48. The smallest absolute Gasteiger partial charge is 0.326 e. The summed E-state index contributed by atoms with van der Waals surface area (Å²) in [6.07, 6.45) is 1.15. The van der Waals surface area contributed by atoms with Crippen LogP contribution in [0.3, 0.4) is 0 Å². The first-order valence-corrected chi connectivity index (χ1v) is 9.46. The Labute approximate surface area is 168 Å². The molecular formula is C21H21N3O3S. The van der Waals surface area contributed by atoms with E-state index in [-0.39, 0.29) is 11.5 Å². The number of nitrogens with one attached hydrogen (secondary N) is 2. The van der Waals surface area contributed by atoms with Crippen LogP contribution in [0.1, 0.15) is 13.8 Å². The quantitative estimate of drug-likeness (QED) is 0.463. The van der Waals surface area contributed by atoms with Gasteiger partial charge in [0.2, 0.25) is 0 Å². The first-order chi connectivity index (χ1) is 13.4. The average Bonchev–Trinajstić information content (AvgIpc) is 2.67. The molecule has 1 amide bonds. The summed E-state index contributed by atoms with van der Waals surface area (Å²) in [5.41, 5.74) is 0.368. The molecule has 3 N–H and O–H groups in total. The minimum absolute atomic E-state index is 0.202. The number of carbonyl (C=O) groups is 2. The second kappa shape index (κ2) is 10.2. The number of hydrogen-bond acceptors (Lipinski definition) is 5. The van der Waals surface area contributed by atoms with Crippen molar-refractivity contribution in [3.8, 4) is 6.07 Å². The molecule has 0 aromatic heterocycles. The summed E-state index contributed by atoms with van der Waals surface area (Å²) in [5.74, 6) is -1.86. The number of anilines is 1. The molecule has 1 unspecified atom stereocenters. The fourth-order valence-corrected chi connectivity index (χ4v) is 3.26. The van der Waals surface area contributed by atoms with Gasteiger partial charge in [-0.05, 0) is 30.2 Å². The summed E-state index contributed by atoms with van der Waals surface area (Å²) in [6, 6.07) is 17.9. The highest BCUT2D eigenvalue weighted by atomic mass is 32.2. The van der Waals surface area contributed by atoms with E-state index in [1.54, 1.807) is 26.0 Å². The minimum Gasteiger partial charge on any atom is -0.480 e. The maximum Gasteiger partial charge on any atom is 0.326 e. The third-order valence-electron chi connectivity index (χ3n) is 3.81. The third-order valence-corrected chi connectivity index (χ3v) is 4.90. The SMILES string of the molecule is CC(C)C(N/C=C(/C#N)C(=O)Nc1ccccc1Sc1ccccc1)C(=O)O. The molecule has 2 aromatic rings. The fourth-order valence-electron chi connectivity index (χ4n) is 2.33. The summed E-state index contributed by atoms with van der Waals surface area (Å²) in [4.78, 5) is 25.6. The van der Waals surface area contributed by atoms with E-state index in [1.807, 2.05) is 48.5 Å². The lowest BCUT2D eigenvalue weighted by Crippen LogP contribution is -2.38. The van der Waals surface area contributed by atoms with Crippen LogP contribution in [0.2, 0.25) is 0 Å². The fraction of sp³-hybridized carbons (Fsp3) is 0.190. The van der Waals surface area contributed by atoms with E-state index in [4.69, 9.17) is 0 Å². The number of rotatable bonds is 8. The number of carboxylic acids is 1. The van der Waals surface area contributed by atoms with Crippen LogP contribution in [-0.2, 0) is 9.59 Å². The maximum absolute atomic E-state index is 12.5. The molecule has 2 rings (SSSR count). The van der Waals surface area contributed by atoms with Crippen molar-refractivity contribution in [3.63, 3.8) is 0 Å². The Morgan fingerprint density at radius 1 is 1.11 bits per heavy atom. The van der Waals surface area contributed by atoms with Gasteiger partial charge in [-0.25, -0.2) is 4.79 Å². The normalized spacial score (nSPS) is 12.1. The molecule has 144 valence electrons. The summed E-state index contributed by atoms with van der Waals surface area (Å²) >= 11 is 1.49. The Bertz CT molecular complexity index is 905. The number of nitriles is 1. The van der Waals surface area contributed by atoms with Crippen LogP contribution in [-0.4, -0.2) is 23.0 Å². The van der Waals surface area contributed by atoms with Crippen LogP contribution in [0.5, 0.6) is 0 Å². The molecular weight excluding hydrogens is 374 g/mol. The maximum atomic E-state index is 12.5. The number of carbonyl (C=O) groups excluding carboxylic acids is 1. The monoisotopic (exact) mass is 395 g/mol. The Morgan fingerprint density at radius 2 is 1.75 bits per heavy atom. The number of aliphatic carboxylic acids is 1. The van der Waals surface area contributed by atoms with Gasteiger partial charge in [0.15, 0.2) is 0 Å². The zero-order valence-corrected chi connectivity index (χ0v) is 16.4. The van der Waals surface area contributed by atoms with Crippen LogP contribution in [0.15, 0.2) is 76.2 Å². The molecule has 0 radical (unpaired) electrons. The van der Waals surface area contributed by atoms with E-state index in [1.165, 1.54) is 11.8 Å². The van der Waals surface area contributed by atoms with Gasteiger partial charge in [-0.3, -0.25) is 4.79 Å². The molecule has 0 aliphatic carbocycles. The number of carboxylic acid groups (broad SMARTS) is 1. The largest absolute Gasteiger partial charge is 0.480 e. The zero-order valence-electron chi connectivity index (χ0n) is 15.5. The van der Waals surface area contributed by atoms with Crippen molar-refractivity contribution in [2.75, 3.05) is 5.32 Å².